The van der Waals surface area contributed by atoms with Crippen LogP contribution in [-0.4, -0.2) is 36.0 Å². The highest BCUT2D eigenvalue weighted by atomic mass is 32.1. The predicted octanol–water partition coefficient (Wildman–Crippen LogP) is 0.694. The minimum Gasteiger partial charge on any atom is -0.461 e. The molecule has 1 saturated heterocycles. The molecule has 0 radical (unpaired) electrons. The maximum absolute atomic E-state index is 11.3. The molecule has 1 heterocycles. The topological polar surface area (TPSA) is 30.7 Å². The van der Waals surface area contributed by atoms with E-state index in [0.29, 0.717) is 0 Å². The summed E-state index contributed by atoms with van der Waals surface area (Å²) in [4.78, 5) is 12.8. The lowest BCUT2D eigenvalue weighted by Gasteiger charge is -2.49. The van der Waals surface area contributed by atoms with Gasteiger partial charge in [0, 0.05) is 12.8 Å². The molecule has 0 atom stereocenters. The third-order valence-corrected chi connectivity index (χ3v) is 4.19. The Morgan fingerprint density at radius 2 is 1.75 bits per heavy atom. The van der Waals surface area contributed by atoms with Gasteiger partial charge in [-0.3, -0.25) is 4.79 Å². The van der Waals surface area contributed by atoms with Gasteiger partial charge in [0.25, 0.3) is 0 Å². The van der Waals surface area contributed by atoms with Crippen LogP contribution in [0.4, 0.5) is 0 Å². The first-order valence-corrected chi connectivity index (χ1v) is 6.47. The smallest absolute Gasteiger partial charge is 0.315 e. The molecular weight excluding hydrogens is 222 g/mol. The molecule has 0 spiro atoms. The van der Waals surface area contributed by atoms with Crippen molar-refractivity contribution in [2.75, 3.05) is 12.8 Å². The van der Waals surface area contributed by atoms with Crippen LogP contribution in [-0.2, 0) is 9.53 Å². The zero-order chi connectivity index (χ0) is 12.6. The van der Waals surface area contributed by atoms with E-state index >= 15 is 0 Å². The first kappa shape index (κ1) is 13.8. The fourth-order valence-corrected chi connectivity index (χ4v) is 2.81. The normalized spacial score (nSPS) is 32.1. The minimum atomic E-state index is -0.209. The van der Waals surface area contributed by atoms with E-state index in [1.807, 2.05) is 0 Å². The number of thiol groups is 1. The number of carbonyl (C=O) groups is 1. The van der Waals surface area contributed by atoms with Gasteiger partial charge in [-0.2, -0.15) is 12.6 Å². The second-order valence-electron chi connectivity index (χ2n) is 6.07. The maximum atomic E-state index is 11.3. The van der Waals surface area contributed by atoms with Gasteiger partial charge in [0.05, 0.1) is 23.9 Å². The molecule has 1 fully saturated rings. The summed E-state index contributed by atoms with van der Waals surface area (Å²) in [5.41, 5.74) is 0.284. The van der Waals surface area contributed by atoms with Crippen molar-refractivity contribution in [2.45, 2.75) is 57.7 Å². The molecule has 1 rings (SSSR count). The van der Waals surface area contributed by atoms with Crippen molar-refractivity contribution in [1.29, 1.82) is 0 Å². The van der Waals surface area contributed by atoms with E-state index < -0.39 is 0 Å². The van der Waals surface area contributed by atoms with E-state index in [0.717, 1.165) is 12.8 Å². The quantitative estimate of drug-likeness (QED) is 0.555. The van der Waals surface area contributed by atoms with Crippen molar-refractivity contribution in [3.05, 3.63) is 0 Å². The Balaban J connectivity index is 2.75. The van der Waals surface area contributed by atoms with Crippen molar-refractivity contribution < 1.29 is 14.4 Å². The number of piperidine rings is 1. The van der Waals surface area contributed by atoms with Gasteiger partial charge in [0.15, 0.2) is 0 Å². The molecule has 94 valence electrons. The van der Waals surface area contributed by atoms with Gasteiger partial charge in [-0.1, -0.05) is 0 Å². The van der Waals surface area contributed by atoms with Gasteiger partial charge >= 0.3 is 5.97 Å². The van der Waals surface area contributed by atoms with Crippen LogP contribution in [0.15, 0.2) is 0 Å². The van der Waals surface area contributed by atoms with Crippen molar-refractivity contribution in [2.24, 2.45) is 0 Å². The molecule has 0 bridgehead atoms. The number of carbonyl (C=O) groups excluding carboxylic acids is 1. The summed E-state index contributed by atoms with van der Waals surface area (Å²) >= 11 is 3.94. The van der Waals surface area contributed by atoms with E-state index in [9.17, 15) is 4.79 Å². The molecule has 0 aromatic rings. The Morgan fingerprint density at radius 1 is 1.31 bits per heavy atom. The Hall–Kier alpha value is -0.220. The summed E-state index contributed by atoms with van der Waals surface area (Å²) in [5, 5.41) is 0. The Labute approximate surface area is 104 Å². The summed E-state index contributed by atoms with van der Waals surface area (Å²) in [6.07, 6.45) is 1.87. The average Bonchev–Trinajstić information content (AvgIpc) is 2.13. The van der Waals surface area contributed by atoms with Crippen molar-refractivity contribution in [3.8, 4) is 0 Å². The molecule has 0 aromatic heterocycles. The van der Waals surface area contributed by atoms with Crippen LogP contribution in [0.3, 0.4) is 0 Å². The molecule has 0 aromatic carbocycles. The fraction of sp³-hybridized carbons (Fsp3) is 0.917. The number of hydrogen-bond acceptors (Lipinski definition) is 3. The monoisotopic (exact) mass is 246 g/mol. The predicted molar refractivity (Wildman–Crippen MR) is 68.0 cm³/mol. The number of rotatable bonds is 2. The second kappa shape index (κ2) is 4.57. The molecule has 1 aliphatic rings. The van der Waals surface area contributed by atoms with Gasteiger partial charge in [0.2, 0.25) is 0 Å². The number of hydrogen-bond donors (Lipinski definition) is 2. The van der Waals surface area contributed by atoms with Crippen molar-refractivity contribution in [1.82, 2.24) is 0 Å². The van der Waals surface area contributed by atoms with Gasteiger partial charge in [-0.15, -0.1) is 0 Å². The van der Waals surface area contributed by atoms with Gasteiger partial charge in [0.1, 0.15) is 6.10 Å². The Bertz CT molecular complexity index is 258. The molecule has 0 saturated carbocycles. The maximum Gasteiger partial charge on any atom is 0.315 e. The molecule has 3 nitrogen and oxygen atoms in total. The summed E-state index contributed by atoms with van der Waals surface area (Å²) in [6, 6.07) is 0. The zero-order valence-electron chi connectivity index (χ0n) is 11.0. The number of esters is 1. The summed E-state index contributed by atoms with van der Waals surface area (Å²) in [6.45, 7) is 8.91. The van der Waals surface area contributed by atoms with Gasteiger partial charge in [-0.25, -0.2) is 0 Å². The number of likely N-dealkylation sites (tertiary alicyclic amines) is 1. The lowest BCUT2D eigenvalue weighted by atomic mass is 9.79. The number of quaternary nitrogens is 1. The summed E-state index contributed by atoms with van der Waals surface area (Å²) in [5.74, 6) is -0.0421. The molecule has 4 heteroatoms. The lowest BCUT2D eigenvalue weighted by molar-refractivity contribution is -0.983. The second-order valence-corrected chi connectivity index (χ2v) is 6.39. The molecule has 1 aliphatic heterocycles. The minimum absolute atomic E-state index is 0.0355. The van der Waals surface area contributed by atoms with Crippen LogP contribution >= 0.6 is 12.6 Å². The highest BCUT2D eigenvalue weighted by Gasteiger charge is 2.48. The van der Waals surface area contributed by atoms with Crippen LogP contribution in [0.1, 0.15) is 40.5 Å². The SMILES string of the molecule is C[NH+]1C(C)(C)CC(OC(=O)CS)CC1(C)C. The van der Waals surface area contributed by atoms with E-state index in [1.165, 1.54) is 4.90 Å². The molecule has 1 N–H and O–H groups in total. The molecular formula is C12H24NO2S+. The van der Waals surface area contributed by atoms with Crippen LogP contribution in [0.2, 0.25) is 0 Å². The molecule has 0 unspecified atom stereocenters. The van der Waals surface area contributed by atoms with E-state index in [4.69, 9.17) is 4.74 Å². The fourth-order valence-electron chi connectivity index (χ4n) is 2.74. The van der Waals surface area contributed by atoms with Gasteiger partial charge < -0.3 is 9.64 Å². The molecule has 0 aliphatic carbocycles. The standard InChI is InChI=1S/C12H23NO2S/c1-11(2)6-9(15-10(14)8-16)7-12(3,4)13(11)5/h9,16H,6-8H2,1-5H3/p+1. The zero-order valence-corrected chi connectivity index (χ0v) is 11.9. The van der Waals surface area contributed by atoms with E-state index in [1.54, 1.807) is 0 Å². The first-order valence-electron chi connectivity index (χ1n) is 5.84. The third kappa shape index (κ3) is 2.92. The Morgan fingerprint density at radius 3 is 2.12 bits per heavy atom. The summed E-state index contributed by atoms with van der Waals surface area (Å²) < 4.78 is 5.43. The summed E-state index contributed by atoms with van der Waals surface area (Å²) in [7, 11) is 2.22. The third-order valence-electron chi connectivity index (χ3n) is 3.93. The van der Waals surface area contributed by atoms with Crippen LogP contribution < -0.4 is 4.90 Å². The molecule has 0 amide bonds. The highest BCUT2D eigenvalue weighted by Crippen LogP contribution is 2.25. The van der Waals surface area contributed by atoms with Crippen LogP contribution in [0.5, 0.6) is 0 Å². The molecule has 16 heavy (non-hydrogen) atoms. The first-order chi connectivity index (χ1) is 7.19. The number of nitrogens with one attached hydrogen (secondary N) is 1. The highest BCUT2D eigenvalue weighted by molar-refractivity contribution is 7.81. The largest absolute Gasteiger partial charge is 0.461 e. The Kier molecular flexibility index (Phi) is 3.95. The lowest BCUT2D eigenvalue weighted by Crippen LogP contribution is -3.24. The average molecular weight is 246 g/mol. The van der Waals surface area contributed by atoms with Crippen LogP contribution in [0, 0.1) is 0 Å². The van der Waals surface area contributed by atoms with Crippen molar-refractivity contribution in [3.63, 3.8) is 0 Å². The number of ether oxygens (including phenoxy) is 1. The van der Waals surface area contributed by atoms with E-state index in [-0.39, 0.29) is 28.9 Å². The van der Waals surface area contributed by atoms with Crippen molar-refractivity contribution >= 4 is 18.6 Å². The van der Waals surface area contributed by atoms with Gasteiger partial charge in [-0.05, 0) is 27.7 Å². The van der Waals surface area contributed by atoms with Crippen LogP contribution in [0.25, 0.3) is 0 Å². The van der Waals surface area contributed by atoms with E-state index in [2.05, 4.69) is 47.4 Å².